The van der Waals surface area contributed by atoms with Gasteiger partial charge < -0.3 is 9.73 Å². The molecule has 0 aromatic carbocycles. The molecule has 0 spiro atoms. The molecule has 0 saturated carbocycles. The number of aromatic nitrogens is 5. The third kappa shape index (κ3) is 3.13. The van der Waals surface area contributed by atoms with Crippen LogP contribution >= 0.6 is 0 Å². The largest absolute Gasteiger partial charge is 0.408 e. The van der Waals surface area contributed by atoms with Gasteiger partial charge in [-0.25, -0.2) is 0 Å². The van der Waals surface area contributed by atoms with Crippen LogP contribution < -0.4 is 5.32 Å². The number of hydrogen-bond acceptors (Lipinski definition) is 6. The van der Waals surface area contributed by atoms with Crippen molar-refractivity contribution in [2.75, 3.05) is 5.32 Å². The summed E-state index contributed by atoms with van der Waals surface area (Å²) in [6.07, 6.45) is 7.30. The third-order valence-electron chi connectivity index (χ3n) is 3.20. The minimum absolute atomic E-state index is 0.435. The molecule has 0 bridgehead atoms. The fourth-order valence-electron chi connectivity index (χ4n) is 2.22. The number of aryl methyl sites for hydroxylation is 2. The summed E-state index contributed by atoms with van der Waals surface area (Å²) in [5, 5.41) is 15.6. The molecule has 0 fully saturated rings. The molecule has 114 valence electrons. The molecule has 7 heteroatoms. The molecule has 0 aliphatic rings. The highest BCUT2D eigenvalue weighted by molar-refractivity contribution is 5.61. The second kappa shape index (κ2) is 6.38. The van der Waals surface area contributed by atoms with E-state index < -0.39 is 0 Å². The standard InChI is InChI=1S/C15H18N6O/c1-3-5-13-18-19-15(22-13)17-9-12-10-21(2)20-14(12)11-6-4-7-16-8-11/h4,6-8,10H,3,5,9H2,1-2H3,(H,17,19). The van der Waals surface area contributed by atoms with Gasteiger partial charge in [0.2, 0.25) is 5.89 Å². The Balaban J connectivity index is 1.75. The minimum atomic E-state index is 0.435. The second-order valence-electron chi connectivity index (χ2n) is 5.02. The Hall–Kier alpha value is -2.70. The summed E-state index contributed by atoms with van der Waals surface area (Å²) >= 11 is 0. The molecule has 0 saturated heterocycles. The average molecular weight is 298 g/mol. The molecular formula is C15H18N6O. The lowest BCUT2D eigenvalue weighted by Crippen LogP contribution is -2.00. The first-order chi connectivity index (χ1) is 10.8. The molecule has 0 radical (unpaired) electrons. The van der Waals surface area contributed by atoms with E-state index in [1.165, 1.54) is 0 Å². The lowest BCUT2D eigenvalue weighted by atomic mass is 10.1. The van der Waals surface area contributed by atoms with Crippen LogP contribution in [0.2, 0.25) is 0 Å². The molecule has 3 rings (SSSR count). The monoisotopic (exact) mass is 298 g/mol. The van der Waals surface area contributed by atoms with Gasteiger partial charge in [-0.1, -0.05) is 12.0 Å². The first-order valence-corrected chi connectivity index (χ1v) is 7.25. The Labute approximate surface area is 128 Å². The molecule has 3 heterocycles. The van der Waals surface area contributed by atoms with Crippen LogP contribution in [0.3, 0.4) is 0 Å². The zero-order chi connectivity index (χ0) is 15.4. The molecular weight excluding hydrogens is 280 g/mol. The van der Waals surface area contributed by atoms with E-state index in [0.717, 1.165) is 29.7 Å². The van der Waals surface area contributed by atoms with Crippen molar-refractivity contribution in [2.45, 2.75) is 26.3 Å². The van der Waals surface area contributed by atoms with Crippen LogP contribution in [0.1, 0.15) is 24.8 Å². The molecule has 0 aliphatic heterocycles. The van der Waals surface area contributed by atoms with E-state index in [-0.39, 0.29) is 0 Å². The Morgan fingerprint density at radius 1 is 1.32 bits per heavy atom. The maximum absolute atomic E-state index is 5.53. The fourth-order valence-corrected chi connectivity index (χ4v) is 2.22. The van der Waals surface area contributed by atoms with E-state index in [0.29, 0.717) is 18.5 Å². The fraction of sp³-hybridized carbons (Fsp3) is 0.333. The lowest BCUT2D eigenvalue weighted by Gasteiger charge is -2.02. The van der Waals surface area contributed by atoms with Crippen LogP contribution in [0, 0.1) is 0 Å². The molecule has 0 atom stereocenters. The summed E-state index contributed by atoms with van der Waals surface area (Å²) < 4.78 is 7.31. The van der Waals surface area contributed by atoms with Gasteiger partial charge in [0.25, 0.3) is 0 Å². The second-order valence-corrected chi connectivity index (χ2v) is 5.02. The van der Waals surface area contributed by atoms with E-state index in [1.54, 1.807) is 17.1 Å². The molecule has 3 aromatic rings. The van der Waals surface area contributed by atoms with Gasteiger partial charge in [0.15, 0.2) is 0 Å². The molecule has 0 aliphatic carbocycles. The predicted octanol–water partition coefficient (Wildman–Crippen LogP) is 2.43. The molecule has 0 amide bonds. The van der Waals surface area contributed by atoms with Crippen molar-refractivity contribution in [2.24, 2.45) is 7.05 Å². The zero-order valence-corrected chi connectivity index (χ0v) is 12.7. The maximum Gasteiger partial charge on any atom is 0.315 e. The van der Waals surface area contributed by atoms with Gasteiger partial charge >= 0.3 is 6.01 Å². The van der Waals surface area contributed by atoms with Crippen molar-refractivity contribution in [3.63, 3.8) is 0 Å². The normalized spacial score (nSPS) is 10.8. The smallest absolute Gasteiger partial charge is 0.315 e. The summed E-state index contributed by atoms with van der Waals surface area (Å²) in [7, 11) is 1.90. The van der Waals surface area contributed by atoms with E-state index in [4.69, 9.17) is 4.42 Å². The van der Waals surface area contributed by atoms with Crippen molar-refractivity contribution in [3.05, 3.63) is 42.2 Å². The van der Waals surface area contributed by atoms with E-state index in [2.05, 4.69) is 32.5 Å². The Morgan fingerprint density at radius 3 is 3.00 bits per heavy atom. The summed E-state index contributed by atoms with van der Waals surface area (Å²) in [6, 6.07) is 4.32. The predicted molar refractivity (Wildman–Crippen MR) is 82.1 cm³/mol. The van der Waals surface area contributed by atoms with Crippen LogP contribution in [0.5, 0.6) is 0 Å². The highest BCUT2D eigenvalue weighted by Gasteiger charge is 2.11. The minimum Gasteiger partial charge on any atom is -0.408 e. The van der Waals surface area contributed by atoms with Gasteiger partial charge in [0.1, 0.15) is 0 Å². The van der Waals surface area contributed by atoms with Crippen LogP contribution in [-0.4, -0.2) is 25.0 Å². The topological polar surface area (TPSA) is 81.7 Å². The van der Waals surface area contributed by atoms with Crippen LogP contribution in [0.15, 0.2) is 35.1 Å². The zero-order valence-electron chi connectivity index (χ0n) is 12.7. The van der Waals surface area contributed by atoms with E-state index >= 15 is 0 Å². The first kappa shape index (κ1) is 14.2. The van der Waals surface area contributed by atoms with Crippen molar-refractivity contribution in [3.8, 4) is 11.3 Å². The van der Waals surface area contributed by atoms with Gasteiger partial charge in [-0.3, -0.25) is 9.67 Å². The van der Waals surface area contributed by atoms with Crippen molar-refractivity contribution >= 4 is 6.01 Å². The lowest BCUT2D eigenvalue weighted by molar-refractivity contribution is 0.501. The number of pyridine rings is 1. The Kier molecular flexibility index (Phi) is 4.13. The third-order valence-corrected chi connectivity index (χ3v) is 3.20. The number of anilines is 1. The van der Waals surface area contributed by atoms with Crippen molar-refractivity contribution in [1.29, 1.82) is 0 Å². The van der Waals surface area contributed by atoms with Crippen molar-refractivity contribution in [1.82, 2.24) is 25.0 Å². The Bertz CT molecular complexity index is 734. The van der Waals surface area contributed by atoms with Crippen molar-refractivity contribution < 1.29 is 4.42 Å². The van der Waals surface area contributed by atoms with Gasteiger partial charge in [-0.15, -0.1) is 5.10 Å². The first-order valence-electron chi connectivity index (χ1n) is 7.25. The molecule has 7 nitrogen and oxygen atoms in total. The van der Waals surface area contributed by atoms with E-state index in [9.17, 15) is 0 Å². The quantitative estimate of drug-likeness (QED) is 0.752. The van der Waals surface area contributed by atoms with Crippen LogP contribution in [-0.2, 0) is 20.0 Å². The van der Waals surface area contributed by atoms with Gasteiger partial charge in [-0.2, -0.15) is 5.10 Å². The molecule has 0 unspecified atom stereocenters. The molecule has 3 aromatic heterocycles. The van der Waals surface area contributed by atoms with Gasteiger partial charge in [0, 0.05) is 49.7 Å². The highest BCUT2D eigenvalue weighted by Crippen LogP contribution is 2.21. The van der Waals surface area contributed by atoms with Crippen LogP contribution in [0.25, 0.3) is 11.3 Å². The van der Waals surface area contributed by atoms with Gasteiger partial charge in [-0.05, 0) is 18.6 Å². The SMILES string of the molecule is CCCc1nnc(NCc2cn(C)nc2-c2cccnc2)o1. The number of nitrogens with zero attached hydrogens (tertiary/aromatic N) is 5. The summed E-state index contributed by atoms with van der Waals surface area (Å²) in [6.45, 7) is 2.64. The van der Waals surface area contributed by atoms with Crippen LogP contribution in [0.4, 0.5) is 6.01 Å². The summed E-state index contributed by atoms with van der Waals surface area (Å²) in [5.74, 6) is 0.656. The number of rotatable bonds is 6. The number of hydrogen-bond donors (Lipinski definition) is 1. The number of nitrogens with one attached hydrogen (secondary N) is 1. The van der Waals surface area contributed by atoms with E-state index in [1.807, 2.05) is 25.4 Å². The highest BCUT2D eigenvalue weighted by atomic mass is 16.4. The summed E-state index contributed by atoms with van der Waals surface area (Å²) in [5.41, 5.74) is 2.93. The Morgan fingerprint density at radius 2 is 2.23 bits per heavy atom. The summed E-state index contributed by atoms with van der Waals surface area (Å²) in [4.78, 5) is 4.14. The average Bonchev–Trinajstić information content (AvgIpc) is 3.13. The molecule has 1 N–H and O–H groups in total. The van der Waals surface area contributed by atoms with Gasteiger partial charge in [0.05, 0.1) is 5.69 Å². The molecule has 22 heavy (non-hydrogen) atoms. The maximum atomic E-state index is 5.53.